The quantitative estimate of drug-likeness (QED) is 0.678. The van der Waals surface area contributed by atoms with Crippen LogP contribution >= 0.6 is 11.6 Å². The third-order valence-electron chi connectivity index (χ3n) is 5.33. The number of primary amides is 2. The molecule has 3 rings (SSSR count). The van der Waals surface area contributed by atoms with Gasteiger partial charge in [0.25, 0.3) is 0 Å². The zero-order valence-electron chi connectivity index (χ0n) is 16.4. The van der Waals surface area contributed by atoms with Crippen molar-refractivity contribution in [1.82, 2.24) is 4.90 Å². The van der Waals surface area contributed by atoms with Crippen LogP contribution in [0.25, 0.3) is 0 Å². The number of benzene rings is 1. The van der Waals surface area contributed by atoms with E-state index < -0.39 is 47.3 Å². The average molecular weight is 429 g/mol. The number of nitrogens with two attached hydrogens (primary N) is 2. The first kappa shape index (κ1) is 21.4. The molecule has 2 aliphatic heterocycles. The van der Waals surface area contributed by atoms with Gasteiger partial charge >= 0.3 is 5.97 Å². The number of carbonyl (C=O) groups excluding carboxylic acids is 3. The number of esters is 1. The van der Waals surface area contributed by atoms with Crippen molar-refractivity contribution in [2.24, 2.45) is 16.9 Å². The summed E-state index contributed by atoms with van der Waals surface area (Å²) in [5.41, 5.74) is 9.95. The Balaban J connectivity index is 2.28. The van der Waals surface area contributed by atoms with Crippen LogP contribution < -0.4 is 11.5 Å². The van der Waals surface area contributed by atoms with Gasteiger partial charge in [-0.25, -0.2) is 0 Å². The topological polar surface area (TPSA) is 140 Å². The fraction of sp³-hybridized carbons (Fsp3) is 0.333. The summed E-state index contributed by atoms with van der Waals surface area (Å²) in [6.45, 7) is 3.33. The van der Waals surface area contributed by atoms with Crippen molar-refractivity contribution in [3.63, 3.8) is 0 Å². The van der Waals surface area contributed by atoms with Gasteiger partial charge in [-0.2, -0.15) is 5.26 Å². The fourth-order valence-corrected chi connectivity index (χ4v) is 4.26. The lowest BCUT2D eigenvalue weighted by Gasteiger charge is -2.33. The van der Waals surface area contributed by atoms with Crippen molar-refractivity contribution in [3.8, 4) is 6.07 Å². The third kappa shape index (κ3) is 3.31. The number of nitriles is 1. The van der Waals surface area contributed by atoms with E-state index >= 15 is 0 Å². The molecule has 1 fully saturated rings. The minimum Gasteiger partial charge on any atom is -0.462 e. The monoisotopic (exact) mass is 428 g/mol. The fourth-order valence-electron chi connectivity index (χ4n) is 4.14. The molecule has 2 heterocycles. The third-order valence-corrected chi connectivity index (χ3v) is 5.58. The largest absolute Gasteiger partial charge is 0.462 e. The van der Waals surface area contributed by atoms with Crippen molar-refractivity contribution in [2.45, 2.75) is 38.0 Å². The second-order valence-electron chi connectivity index (χ2n) is 7.51. The molecule has 2 aliphatic rings. The van der Waals surface area contributed by atoms with E-state index in [1.54, 1.807) is 38.1 Å². The molecule has 1 saturated heterocycles. The number of hydrogen-bond donors (Lipinski definition) is 2. The highest BCUT2D eigenvalue weighted by molar-refractivity contribution is 6.30. The van der Waals surface area contributed by atoms with Crippen molar-refractivity contribution < 1.29 is 19.1 Å². The molecule has 156 valence electrons. The Kier molecular flexibility index (Phi) is 5.59. The maximum atomic E-state index is 13.3. The molecule has 1 aromatic rings. The first-order chi connectivity index (χ1) is 14.1. The summed E-state index contributed by atoms with van der Waals surface area (Å²) >= 11 is 6.00. The molecule has 2 amide bonds. The van der Waals surface area contributed by atoms with Gasteiger partial charge in [0, 0.05) is 17.1 Å². The summed E-state index contributed by atoms with van der Waals surface area (Å²) in [6, 6.07) is 6.60. The van der Waals surface area contributed by atoms with E-state index in [0.717, 1.165) is 0 Å². The van der Waals surface area contributed by atoms with Crippen LogP contribution in [0.4, 0.5) is 0 Å². The highest BCUT2D eigenvalue weighted by atomic mass is 35.5. The van der Waals surface area contributed by atoms with Crippen LogP contribution in [0.5, 0.6) is 0 Å². The molecule has 0 saturated carbocycles. The number of nitrogens with zero attached hydrogens (tertiary/aromatic N) is 2. The van der Waals surface area contributed by atoms with E-state index in [9.17, 15) is 19.6 Å². The second-order valence-corrected chi connectivity index (χ2v) is 7.95. The van der Waals surface area contributed by atoms with Crippen LogP contribution in [0.2, 0.25) is 5.02 Å². The Bertz CT molecular complexity index is 995. The number of ether oxygens (including phenoxy) is 1. The first-order valence-corrected chi connectivity index (χ1v) is 9.65. The van der Waals surface area contributed by atoms with E-state index in [1.807, 2.05) is 0 Å². The average Bonchev–Trinajstić information content (AvgIpc) is 2.98. The summed E-state index contributed by atoms with van der Waals surface area (Å²) < 4.78 is 5.44. The molecule has 0 radical (unpaired) electrons. The van der Waals surface area contributed by atoms with Crippen molar-refractivity contribution in [3.05, 3.63) is 58.8 Å². The predicted octanol–water partition coefficient (Wildman–Crippen LogP) is 1.36. The molecule has 0 bridgehead atoms. The molecule has 0 aromatic heterocycles. The lowest BCUT2D eigenvalue weighted by molar-refractivity contribution is -0.157. The molecular formula is C21H21ClN4O4. The molecule has 4 atom stereocenters. The van der Waals surface area contributed by atoms with Gasteiger partial charge in [-0.3, -0.25) is 14.4 Å². The number of hydrogen-bond acceptors (Lipinski definition) is 6. The van der Waals surface area contributed by atoms with Gasteiger partial charge in [0.1, 0.15) is 6.04 Å². The standard InChI is InChI=1S/C21H21ClN4O4/c1-11(2)30-20(29)21(10-23)15-8-5-13(18(24)27)9-26(15)17(19(25)28)16(21)12-3-6-14(22)7-4-12/h3-9,11,15-17H,1-2H3,(H2,24,27)(H2,25,28)/t15-,16-,17+,21+/m1/s1. The van der Waals surface area contributed by atoms with Crippen LogP contribution in [-0.2, 0) is 19.1 Å². The summed E-state index contributed by atoms with van der Waals surface area (Å²) in [5.74, 6) is -3.22. The maximum absolute atomic E-state index is 13.3. The SMILES string of the molecule is CC(C)OC(=O)[C@]1(C#N)[C@H](c2ccc(Cl)cc2)[C@@H](C(N)=O)N2C=C(C(N)=O)C=C[C@@H]21. The minimum absolute atomic E-state index is 0.123. The lowest BCUT2D eigenvalue weighted by Crippen LogP contribution is -2.46. The van der Waals surface area contributed by atoms with E-state index in [2.05, 4.69) is 6.07 Å². The van der Waals surface area contributed by atoms with Gasteiger partial charge < -0.3 is 21.1 Å². The summed E-state index contributed by atoms with van der Waals surface area (Å²) in [7, 11) is 0. The zero-order chi connectivity index (χ0) is 22.2. The van der Waals surface area contributed by atoms with E-state index in [0.29, 0.717) is 10.6 Å². The van der Waals surface area contributed by atoms with Crippen molar-refractivity contribution >= 4 is 29.4 Å². The van der Waals surface area contributed by atoms with Crippen molar-refractivity contribution in [1.29, 1.82) is 5.26 Å². The first-order valence-electron chi connectivity index (χ1n) is 9.27. The predicted molar refractivity (Wildman–Crippen MR) is 108 cm³/mol. The molecule has 9 heteroatoms. The molecule has 0 spiro atoms. The molecule has 8 nitrogen and oxygen atoms in total. The molecular weight excluding hydrogens is 408 g/mol. The Labute approximate surface area is 178 Å². The normalized spacial score (nSPS) is 27.2. The van der Waals surface area contributed by atoms with Crippen LogP contribution in [0, 0.1) is 16.7 Å². The summed E-state index contributed by atoms with van der Waals surface area (Å²) in [6.07, 6.45) is 3.82. The molecule has 30 heavy (non-hydrogen) atoms. The second kappa shape index (κ2) is 7.84. The molecule has 1 aromatic carbocycles. The van der Waals surface area contributed by atoms with Crippen molar-refractivity contribution in [2.75, 3.05) is 0 Å². The molecule has 0 aliphatic carbocycles. The molecule has 0 unspecified atom stereocenters. The van der Waals surface area contributed by atoms with E-state index in [-0.39, 0.29) is 5.57 Å². The number of halogens is 1. The van der Waals surface area contributed by atoms with E-state index in [1.165, 1.54) is 23.3 Å². The minimum atomic E-state index is -1.80. The Morgan fingerprint density at radius 1 is 1.23 bits per heavy atom. The summed E-state index contributed by atoms with van der Waals surface area (Å²) in [4.78, 5) is 39.0. The summed E-state index contributed by atoms with van der Waals surface area (Å²) in [5, 5.41) is 10.7. The van der Waals surface area contributed by atoms with Gasteiger partial charge in [-0.15, -0.1) is 0 Å². The zero-order valence-corrected chi connectivity index (χ0v) is 17.2. The number of carbonyl (C=O) groups is 3. The Morgan fingerprint density at radius 2 is 1.87 bits per heavy atom. The van der Waals surface area contributed by atoms with Gasteiger partial charge in [-0.05, 0) is 37.6 Å². The number of fused-ring (bicyclic) bond motifs is 1. The van der Waals surface area contributed by atoms with Crippen LogP contribution in [0.1, 0.15) is 25.3 Å². The number of rotatable bonds is 5. The van der Waals surface area contributed by atoms with Gasteiger partial charge in [0.05, 0.1) is 23.8 Å². The van der Waals surface area contributed by atoms with Crippen LogP contribution in [0.15, 0.2) is 48.2 Å². The lowest BCUT2D eigenvalue weighted by atomic mass is 9.68. The molecule has 4 N–H and O–H groups in total. The maximum Gasteiger partial charge on any atom is 0.329 e. The number of amides is 2. The van der Waals surface area contributed by atoms with Crippen LogP contribution in [-0.4, -0.2) is 40.9 Å². The Hall–Kier alpha value is -3.31. The van der Waals surface area contributed by atoms with Gasteiger partial charge in [0.2, 0.25) is 11.8 Å². The highest BCUT2D eigenvalue weighted by Gasteiger charge is 2.66. The Morgan fingerprint density at radius 3 is 2.37 bits per heavy atom. The smallest absolute Gasteiger partial charge is 0.329 e. The van der Waals surface area contributed by atoms with Gasteiger partial charge in [0.15, 0.2) is 5.41 Å². The highest BCUT2D eigenvalue weighted by Crippen LogP contribution is 2.53. The van der Waals surface area contributed by atoms with Crippen LogP contribution in [0.3, 0.4) is 0 Å². The van der Waals surface area contributed by atoms with E-state index in [4.69, 9.17) is 27.8 Å². The van der Waals surface area contributed by atoms with Gasteiger partial charge in [-0.1, -0.05) is 29.8 Å².